The number of benzene rings is 1. The van der Waals surface area contributed by atoms with Gasteiger partial charge in [0.15, 0.2) is 0 Å². The molecule has 2 aromatic rings. The van der Waals surface area contributed by atoms with Crippen LogP contribution in [-0.2, 0) is 16.0 Å². The number of carbonyl (C=O) groups excluding carboxylic acids is 1. The number of fused-ring (bicyclic) bond motifs is 1. The van der Waals surface area contributed by atoms with Crippen LogP contribution in [0.4, 0.5) is 0 Å². The Morgan fingerprint density at radius 2 is 2.10 bits per heavy atom. The number of nitrogens with one attached hydrogen (secondary N) is 1. The van der Waals surface area contributed by atoms with Crippen LogP contribution < -0.4 is 0 Å². The Morgan fingerprint density at radius 3 is 2.90 bits per heavy atom. The second kappa shape index (κ2) is 7.84. The molecule has 2 rings (SSSR count). The number of aromatic amines is 1. The zero-order valence-corrected chi connectivity index (χ0v) is 12.9. The number of aromatic nitrogens is 1. The van der Waals surface area contributed by atoms with Gasteiger partial charge in [-0.2, -0.15) is 0 Å². The van der Waals surface area contributed by atoms with Crippen LogP contribution in [0.2, 0.25) is 0 Å². The van der Waals surface area contributed by atoms with Gasteiger partial charge < -0.3 is 14.6 Å². The summed E-state index contributed by atoms with van der Waals surface area (Å²) in [6.07, 6.45) is 5.36. The third-order valence-electron chi connectivity index (χ3n) is 3.78. The SMILES string of the molecule is COCCCN(C)C(=O)CCCc1c[nH]c2ccccc12. The van der Waals surface area contributed by atoms with Gasteiger partial charge in [0.05, 0.1) is 0 Å². The maximum atomic E-state index is 12.0. The van der Waals surface area contributed by atoms with E-state index in [0.29, 0.717) is 13.0 Å². The Labute approximate surface area is 126 Å². The zero-order valence-electron chi connectivity index (χ0n) is 12.9. The minimum Gasteiger partial charge on any atom is -0.385 e. The van der Waals surface area contributed by atoms with Crippen LogP contribution in [0, 0.1) is 0 Å². The molecular formula is C17H24N2O2. The predicted octanol–water partition coefficient (Wildman–Crippen LogP) is 2.99. The van der Waals surface area contributed by atoms with Crippen LogP contribution >= 0.6 is 0 Å². The van der Waals surface area contributed by atoms with E-state index >= 15 is 0 Å². The van der Waals surface area contributed by atoms with Crippen LogP contribution in [-0.4, -0.2) is 43.1 Å². The Morgan fingerprint density at radius 1 is 1.29 bits per heavy atom. The van der Waals surface area contributed by atoms with Gasteiger partial charge in [-0.3, -0.25) is 4.79 Å². The van der Waals surface area contributed by atoms with E-state index in [-0.39, 0.29) is 5.91 Å². The van der Waals surface area contributed by atoms with Crippen molar-refractivity contribution >= 4 is 16.8 Å². The van der Waals surface area contributed by atoms with Crippen molar-refractivity contribution in [2.24, 2.45) is 0 Å². The molecule has 1 N–H and O–H groups in total. The molecule has 0 saturated carbocycles. The van der Waals surface area contributed by atoms with Crippen molar-refractivity contribution in [3.05, 3.63) is 36.0 Å². The monoisotopic (exact) mass is 288 g/mol. The standard InChI is InChI=1S/C17H24N2O2/c1-19(11-6-12-21-2)17(20)10-5-7-14-13-18-16-9-4-3-8-15(14)16/h3-4,8-9,13,18H,5-7,10-12H2,1-2H3. The summed E-state index contributed by atoms with van der Waals surface area (Å²) < 4.78 is 5.00. The molecule has 0 aliphatic heterocycles. The van der Waals surface area contributed by atoms with Gasteiger partial charge in [-0.25, -0.2) is 0 Å². The van der Waals surface area contributed by atoms with Crippen LogP contribution in [0.25, 0.3) is 10.9 Å². The second-order valence-corrected chi connectivity index (χ2v) is 5.37. The number of para-hydroxylation sites is 1. The molecule has 4 nitrogen and oxygen atoms in total. The number of ether oxygens (including phenoxy) is 1. The number of methoxy groups -OCH3 is 1. The van der Waals surface area contributed by atoms with E-state index in [2.05, 4.69) is 29.4 Å². The van der Waals surface area contributed by atoms with Crippen molar-refractivity contribution in [3.8, 4) is 0 Å². The number of hydrogen-bond donors (Lipinski definition) is 1. The quantitative estimate of drug-likeness (QED) is 0.759. The number of carbonyl (C=O) groups is 1. The molecule has 0 unspecified atom stereocenters. The lowest BCUT2D eigenvalue weighted by molar-refractivity contribution is -0.130. The number of nitrogens with zero attached hydrogens (tertiary/aromatic N) is 1. The minimum atomic E-state index is 0.214. The van der Waals surface area contributed by atoms with Gasteiger partial charge in [-0.1, -0.05) is 18.2 Å². The molecule has 1 aromatic heterocycles. The highest BCUT2D eigenvalue weighted by Crippen LogP contribution is 2.19. The molecular weight excluding hydrogens is 264 g/mol. The lowest BCUT2D eigenvalue weighted by Gasteiger charge is -2.16. The van der Waals surface area contributed by atoms with Gasteiger partial charge >= 0.3 is 0 Å². The molecule has 1 amide bonds. The second-order valence-electron chi connectivity index (χ2n) is 5.37. The van der Waals surface area contributed by atoms with Gasteiger partial charge in [0.25, 0.3) is 0 Å². The minimum absolute atomic E-state index is 0.214. The molecule has 0 bridgehead atoms. The van der Waals surface area contributed by atoms with Gasteiger partial charge in [0.1, 0.15) is 0 Å². The zero-order chi connectivity index (χ0) is 15.1. The highest BCUT2D eigenvalue weighted by molar-refractivity contribution is 5.83. The van der Waals surface area contributed by atoms with Gasteiger partial charge in [-0.05, 0) is 30.9 Å². The molecule has 114 valence electrons. The van der Waals surface area contributed by atoms with Crippen molar-refractivity contribution in [1.29, 1.82) is 0 Å². The summed E-state index contributed by atoms with van der Waals surface area (Å²) >= 11 is 0. The van der Waals surface area contributed by atoms with E-state index < -0.39 is 0 Å². The Bertz CT molecular complexity index is 577. The van der Waals surface area contributed by atoms with E-state index in [1.807, 2.05) is 13.1 Å². The molecule has 4 heteroatoms. The summed E-state index contributed by atoms with van der Waals surface area (Å²) in [4.78, 5) is 17.1. The summed E-state index contributed by atoms with van der Waals surface area (Å²) in [5, 5.41) is 1.26. The fourth-order valence-corrected chi connectivity index (χ4v) is 2.53. The van der Waals surface area contributed by atoms with E-state index in [9.17, 15) is 4.79 Å². The first-order chi connectivity index (χ1) is 10.2. The van der Waals surface area contributed by atoms with Crippen molar-refractivity contribution in [2.45, 2.75) is 25.7 Å². The summed E-state index contributed by atoms with van der Waals surface area (Å²) in [6, 6.07) is 8.28. The molecule has 0 aliphatic carbocycles. The fourth-order valence-electron chi connectivity index (χ4n) is 2.53. The number of aryl methyl sites for hydroxylation is 1. The number of H-pyrrole nitrogens is 1. The summed E-state index contributed by atoms with van der Waals surface area (Å²) in [5.41, 5.74) is 2.45. The van der Waals surface area contributed by atoms with Gasteiger partial charge in [0.2, 0.25) is 5.91 Å². The topological polar surface area (TPSA) is 45.3 Å². The first-order valence-corrected chi connectivity index (χ1v) is 7.50. The lowest BCUT2D eigenvalue weighted by Crippen LogP contribution is -2.28. The van der Waals surface area contributed by atoms with E-state index in [1.165, 1.54) is 10.9 Å². The summed E-state index contributed by atoms with van der Waals surface area (Å²) in [7, 11) is 3.55. The number of hydrogen-bond acceptors (Lipinski definition) is 2. The predicted molar refractivity (Wildman–Crippen MR) is 85.4 cm³/mol. The molecule has 0 radical (unpaired) electrons. The normalized spacial score (nSPS) is 11.0. The van der Waals surface area contributed by atoms with Crippen molar-refractivity contribution < 1.29 is 9.53 Å². The average molecular weight is 288 g/mol. The van der Waals surface area contributed by atoms with Crippen molar-refractivity contribution in [1.82, 2.24) is 9.88 Å². The highest BCUT2D eigenvalue weighted by Gasteiger charge is 2.09. The van der Waals surface area contributed by atoms with Crippen molar-refractivity contribution in [2.75, 3.05) is 27.3 Å². The third-order valence-corrected chi connectivity index (χ3v) is 3.78. The third kappa shape index (κ3) is 4.33. The molecule has 1 heterocycles. The fraction of sp³-hybridized carbons (Fsp3) is 0.471. The Balaban J connectivity index is 1.77. The first kappa shape index (κ1) is 15.6. The molecule has 0 aliphatic rings. The van der Waals surface area contributed by atoms with Crippen LogP contribution in [0.15, 0.2) is 30.5 Å². The van der Waals surface area contributed by atoms with Crippen LogP contribution in [0.1, 0.15) is 24.8 Å². The summed E-state index contributed by atoms with van der Waals surface area (Å²) in [5.74, 6) is 0.214. The van der Waals surface area contributed by atoms with E-state index in [0.717, 1.165) is 31.3 Å². The maximum absolute atomic E-state index is 12.0. The molecule has 21 heavy (non-hydrogen) atoms. The molecule has 0 atom stereocenters. The lowest BCUT2D eigenvalue weighted by atomic mass is 10.1. The molecule has 0 fully saturated rings. The molecule has 0 spiro atoms. The maximum Gasteiger partial charge on any atom is 0.222 e. The van der Waals surface area contributed by atoms with Gasteiger partial charge in [-0.15, -0.1) is 0 Å². The van der Waals surface area contributed by atoms with E-state index in [1.54, 1.807) is 12.0 Å². The Kier molecular flexibility index (Phi) is 5.81. The van der Waals surface area contributed by atoms with Crippen LogP contribution in [0.5, 0.6) is 0 Å². The largest absolute Gasteiger partial charge is 0.385 e. The van der Waals surface area contributed by atoms with Crippen molar-refractivity contribution in [3.63, 3.8) is 0 Å². The van der Waals surface area contributed by atoms with Gasteiger partial charge in [0, 0.05) is 50.8 Å². The molecule has 0 saturated heterocycles. The van der Waals surface area contributed by atoms with Crippen LogP contribution in [0.3, 0.4) is 0 Å². The first-order valence-electron chi connectivity index (χ1n) is 7.50. The Hall–Kier alpha value is -1.81. The highest BCUT2D eigenvalue weighted by atomic mass is 16.5. The molecule has 1 aromatic carbocycles. The summed E-state index contributed by atoms with van der Waals surface area (Å²) in [6.45, 7) is 1.46. The average Bonchev–Trinajstić information content (AvgIpc) is 2.91. The number of amides is 1. The number of rotatable bonds is 8. The van der Waals surface area contributed by atoms with E-state index in [4.69, 9.17) is 4.74 Å². The smallest absolute Gasteiger partial charge is 0.222 e.